The molecule has 0 aliphatic rings. The first-order chi connectivity index (χ1) is 9.66. The van der Waals surface area contributed by atoms with Crippen LogP contribution < -0.4 is 9.47 Å². The second-order valence-corrected chi connectivity index (χ2v) is 4.80. The summed E-state index contributed by atoms with van der Waals surface area (Å²) in [6.07, 6.45) is 0.954. The lowest BCUT2D eigenvalue weighted by Crippen LogP contribution is -1.95. The maximum atomic E-state index is 5.86. The molecule has 0 aliphatic heterocycles. The molecule has 2 aromatic rings. The smallest absolute Gasteiger partial charge is 0.219 e. The maximum Gasteiger partial charge on any atom is 0.219 e. The molecule has 106 valence electrons. The van der Waals surface area contributed by atoms with Crippen LogP contribution in [0.2, 0.25) is 0 Å². The molecule has 0 saturated heterocycles. The number of aryl methyl sites for hydroxylation is 2. The van der Waals surface area contributed by atoms with Gasteiger partial charge in [-0.25, -0.2) is 4.98 Å². The van der Waals surface area contributed by atoms with Gasteiger partial charge in [-0.05, 0) is 42.7 Å². The van der Waals surface area contributed by atoms with Crippen LogP contribution in [-0.2, 0) is 12.3 Å². The third kappa shape index (κ3) is 3.42. The minimum Gasteiger partial charge on any atom is -0.493 e. The highest BCUT2D eigenvalue weighted by molar-refractivity contribution is 6.17. The van der Waals surface area contributed by atoms with Crippen LogP contribution in [-0.4, -0.2) is 12.1 Å². The van der Waals surface area contributed by atoms with Crippen LogP contribution in [0.3, 0.4) is 0 Å². The number of alkyl halides is 1. The van der Waals surface area contributed by atoms with Gasteiger partial charge in [-0.1, -0.05) is 13.0 Å². The molecule has 0 radical (unpaired) electrons. The zero-order valence-electron chi connectivity index (χ0n) is 11.9. The zero-order valence-corrected chi connectivity index (χ0v) is 12.7. The minimum absolute atomic E-state index is 0.436. The van der Waals surface area contributed by atoms with Gasteiger partial charge in [0.05, 0.1) is 7.11 Å². The van der Waals surface area contributed by atoms with Crippen LogP contribution in [0.15, 0.2) is 30.3 Å². The van der Waals surface area contributed by atoms with Crippen LogP contribution in [0.5, 0.6) is 17.4 Å². The van der Waals surface area contributed by atoms with Gasteiger partial charge in [0.25, 0.3) is 0 Å². The lowest BCUT2D eigenvalue weighted by Gasteiger charge is -2.12. The van der Waals surface area contributed by atoms with Gasteiger partial charge >= 0.3 is 0 Å². The summed E-state index contributed by atoms with van der Waals surface area (Å²) in [7, 11) is 1.63. The predicted octanol–water partition coefficient (Wildman–Crippen LogP) is 4.49. The van der Waals surface area contributed by atoms with E-state index in [2.05, 4.69) is 11.9 Å². The van der Waals surface area contributed by atoms with Gasteiger partial charge in [0.1, 0.15) is 0 Å². The Morgan fingerprint density at radius 3 is 2.55 bits per heavy atom. The summed E-state index contributed by atoms with van der Waals surface area (Å²) in [5.74, 6) is 2.33. The first-order valence-corrected chi connectivity index (χ1v) is 7.08. The molecule has 0 amide bonds. The van der Waals surface area contributed by atoms with Gasteiger partial charge in [0.2, 0.25) is 5.88 Å². The van der Waals surface area contributed by atoms with Crippen molar-refractivity contribution in [3.05, 3.63) is 47.2 Å². The SMILES string of the molecule is CCc1ccc(Oc2cc(CCl)cc(C)n2)c(OC)c1. The Morgan fingerprint density at radius 2 is 1.90 bits per heavy atom. The Kier molecular flexibility index (Phi) is 4.85. The average molecular weight is 292 g/mol. The number of pyridine rings is 1. The summed E-state index contributed by atoms with van der Waals surface area (Å²) in [5, 5.41) is 0. The lowest BCUT2D eigenvalue weighted by molar-refractivity contribution is 0.373. The van der Waals surface area contributed by atoms with Gasteiger partial charge in [-0.3, -0.25) is 0 Å². The third-order valence-electron chi connectivity index (χ3n) is 2.99. The van der Waals surface area contributed by atoms with E-state index in [-0.39, 0.29) is 0 Å². The van der Waals surface area contributed by atoms with Crippen molar-refractivity contribution in [1.29, 1.82) is 0 Å². The molecule has 2 rings (SSSR count). The Balaban J connectivity index is 2.31. The van der Waals surface area contributed by atoms with E-state index in [9.17, 15) is 0 Å². The number of rotatable bonds is 5. The Bertz CT molecular complexity index is 599. The fourth-order valence-corrected chi connectivity index (χ4v) is 2.12. The van der Waals surface area contributed by atoms with Crippen LogP contribution in [0.1, 0.15) is 23.7 Å². The zero-order chi connectivity index (χ0) is 14.5. The van der Waals surface area contributed by atoms with Crippen molar-refractivity contribution < 1.29 is 9.47 Å². The van der Waals surface area contributed by atoms with Crippen LogP contribution in [0.4, 0.5) is 0 Å². The minimum atomic E-state index is 0.436. The molecular weight excluding hydrogens is 274 g/mol. The average Bonchev–Trinajstić information content (AvgIpc) is 2.47. The van der Waals surface area contributed by atoms with E-state index in [4.69, 9.17) is 21.1 Å². The largest absolute Gasteiger partial charge is 0.493 e. The van der Waals surface area contributed by atoms with Crippen molar-refractivity contribution in [1.82, 2.24) is 4.98 Å². The van der Waals surface area contributed by atoms with Crippen LogP contribution in [0.25, 0.3) is 0 Å². The molecule has 0 aliphatic carbocycles. The standard InChI is InChI=1S/C16H18ClNO2/c1-4-12-5-6-14(15(8-12)19-3)20-16-9-13(10-17)7-11(2)18-16/h5-9H,4,10H2,1-3H3. The third-order valence-corrected chi connectivity index (χ3v) is 3.30. The normalized spacial score (nSPS) is 10.4. The predicted molar refractivity (Wildman–Crippen MR) is 81.0 cm³/mol. The molecule has 0 atom stereocenters. The van der Waals surface area contributed by atoms with Crippen molar-refractivity contribution in [3.63, 3.8) is 0 Å². The molecule has 0 bridgehead atoms. The molecule has 4 heteroatoms. The van der Waals surface area contributed by atoms with Gasteiger partial charge in [0, 0.05) is 17.6 Å². The first kappa shape index (κ1) is 14.7. The molecule has 0 fully saturated rings. The fourth-order valence-electron chi connectivity index (χ4n) is 1.97. The number of benzene rings is 1. The summed E-state index contributed by atoms with van der Waals surface area (Å²) >= 11 is 5.86. The quantitative estimate of drug-likeness (QED) is 0.761. The van der Waals surface area contributed by atoms with Gasteiger partial charge in [0.15, 0.2) is 11.5 Å². The number of halogens is 1. The molecule has 3 nitrogen and oxygen atoms in total. The van der Waals surface area contributed by atoms with Gasteiger partial charge in [-0.15, -0.1) is 11.6 Å². The van der Waals surface area contributed by atoms with E-state index < -0.39 is 0 Å². The van der Waals surface area contributed by atoms with Crippen molar-refractivity contribution >= 4 is 11.6 Å². The summed E-state index contributed by atoms with van der Waals surface area (Å²) < 4.78 is 11.2. The van der Waals surface area contributed by atoms with Crippen molar-refractivity contribution in [2.45, 2.75) is 26.1 Å². The van der Waals surface area contributed by atoms with E-state index >= 15 is 0 Å². The van der Waals surface area contributed by atoms with Gasteiger partial charge < -0.3 is 9.47 Å². The molecular formula is C16H18ClNO2. The highest BCUT2D eigenvalue weighted by Crippen LogP contribution is 2.32. The summed E-state index contributed by atoms with van der Waals surface area (Å²) in [6.45, 7) is 4.02. The molecule has 0 spiro atoms. The number of hydrogen-bond acceptors (Lipinski definition) is 3. The van der Waals surface area contributed by atoms with E-state index in [0.29, 0.717) is 23.3 Å². The molecule has 1 heterocycles. The van der Waals surface area contributed by atoms with Crippen molar-refractivity contribution in [2.24, 2.45) is 0 Å². The van der Waals surface area contributed by atoms with Crippen molar-refractivity contribution in [3.8, 4) is 17.4 Å². The number of nitrogens with zero attached hydrogens (tertiary/aromatic N) is 1. The number of aromatic nitrogens is 1. The number of methoxy groups -OCH3 is 1. The number of ether oxygens (including phenoxy) is 2. The van der Waals surface area contributed by atoms with E-state index in [0.717, 1.165) is 17.7 Å². The summed E-state index contributed by atoms with van der Waals surface area (Å²) in [5.41, 5.74) is 3.06. The second kappa shape index (κ2) is 6.62. The van der Waals surface area contributed by atoms with Gasteiger partial charge in [-0.2, -0.15) is 0 Å². The molecule has 1 aromatic heterocycles. The monoisotopic (exact) mass is 291 g/mol. The number of hydrogen-bond donors (Lipinski definition) is 0. The summed E-state index contributed by atoms with van der Waals surface area (Å²) in [6, 6.07) is 9.69. The van der Waals surface area contributed by atoms with E-state index in [1.807, 2.05) is 37.3 Å². The maximum absolute atomic E-state index is 5.86. The fraction of sp³-hybridized carbons (Fsp3) is 0.312. The van der Waals surface area contributed by atoms with Crippen LogP contribution in [0, 0.1) is 6.92 Å². The highest BCUT2D eigenvalue weighted by Gasteiger charge is 2.08. The van der Waals surface area contributed by atoms with Crippen LogP contribution >= 0.6 is 11.6 Å². The Labute approximate surface area is 124 Å². The Morgan fingerprint density at radius 1 is 1.10 bits per heavy atom. The first-order valence-electron chi connectivity index (χ1n) is 6.54. The molecule has 0 N–H and O–H groups in total. The second-order valence-electron chi connectivity index (χ2n) is 4.53. The van der Waals surface area contributed by atoms with E-state index in [1.54, 1.807) is 7.11 Å². The van der Waals surface area contributed by atoms with E-state index in [1.165, 1.54) is 5.56 Å². The highest BCUT2D eigenvalue weighted by atomic mass is 35.5. The molecule has 1 aromatic carbocycles. The molecule has 0 saturated carbocycles. The summed E-state index contributed by atoms with van der Waals surface area (Å²) in [4.78, 5) is 4.36. The Hall–Kier alpha value is -1.74. The molecule has 0 unspecified atom stereocenters. The van der Waals surface area contributed by atoms with Crippen molar-refractivity contribution in [2.75, 3.05) is 7.11 Å². The topological polar surface area (TPSA) is 31.4 Å². The lowest BCUT2D eigenvalue weighted by atomic mass is 10.1. The molecule has 20 heavy (non-hydrogen) atoms.